The van der Waals surface area contributed by atoms with Crippen LogP contribution in [0, 0.1) is 10.1 Å². The van der Waals surface area contributed by atoms with Crippen LogP contribution in [0.3, 0.4) is 0 Å². The average Bonchev–Trinajstić information content (AvgIpc) is 2.66. The van der Waals surface area contributed by atoms with Crippen molar-refractivity contribution in [2.75, 3.05) is 6.61 Å². The standard InChI is InChI=1S/C18H19N3O5/c1-2-3-10-26-16-9-5-7-14(12-16)18(23)20-19-17(22)13-6-4-8-15(11-13)21(24)25/h4-9,11-12H,2-3,10H2,1H3,(H,19,22)(H,20,23). The molecule has 0 saturated carbocycles. The number of hydrogen-bond donors (Lipinski definition) is 2. The van der Waals surface area contributed by atoms with Gasteiger partial charge in [-0.1, -0.05) is 25.5 Å². The number of hydrazine groups is 1. The summed E-state index contributed by atoms with van der Waals surface area (Å²) >= 11 is 0. The quantitative estimate of drug-likeness (QED) is 0.450. The molecular formula is C18H19N3O5. The molecule has 0 saturated heterocycles. The van der Waals surface area contributed by atoms with Gasteiger partial charge >= 0.3 is 0 Å². The largest absolute Gasteiger partial charge is 0.494 e. The molecule has 136 valence electrons. The summed E-state index contributed by atoms with van der Waals surface area (Å²) in [4.78, 5) is 34.3. The third kappa shape index (κ3) is 5.30. The van der Waals surface area contributed by atoms with Gasteiger partial charge in [0.25, 0.3) is 17.5 Å². The van der Waals surface area contributed by atoms with Gasteiger partial charge in [0.2, 0.25) is 0 Å². The van der Waals surface area contributed by atoms with E-state index in [9.17, 15) is 19.7 Å². The van der Waals surface area contributed by atoms with E-state index in [2.05, 4.69) is 17.8 Å². The number of benzene rings is 2. The first-order chi connectivity index (χ1) is 12.5. The number of amides is 2. The number of rotatable bonds is 7. The SMILES string of the molecule is CCCCOc1cccc(C(=O)NNC(=O)c2cccc([N+](=O)[O-])c2)c1. The van der Waals surface area contributed by atoms with Crippen LogP contribution in [0.2, 0.25) is 0 Å². The average molecular weight is 357 g/mol. The molecule has 0 heterocycles. The number of hydrogen-bond acceptors (Lipinski definition) is 5. The molecule has 0 atom stereocenters. The minimum atomic E-state index is -0.655. The van der Waals surface area contributed by atoms with E-state index in [4.69, 9.17) is 4.74 Å². The van der Waals surface area contributed by atoms with E-state index in [1.165, 1.54) is 18.2 Å². The summed E-state index contributed by atoms with van der Waals surface area (Å²) in [5.41, 5.74) is 4.69. The molecule has 8 nitrogen and oxygen atoms in total. The van der Waals surface area contributed by atoms with Crippen molar-refractivity contribution in [2.45, 2.75) is 19.8 Å². The molecule has 0 fully saturated rings. The number of nitro groups is 1. The Labute approximate surface area is 150 Å². The van der Waals surface area contributed by atoms with Crippen LogP contribution in [0.5, 0.6) is 5.75 Å². The topological polar surface area (TPSA) is 111 Å². The smallest absolute Gasteiger partial charge is 0.270 e. The minimum Gasteiger partial charge on any atom is -0.494 e. The summed E-state index contributed by atoms with van der Waals surface area (Å²) in [5.74, 6) is -0.613. The Balaban J connectivity index is 1.95. The minimum absolute atomic E-state index is 0.0659. The van der Waals surface area contributed by atoms with Gasteiger partial charge in [-0.3, -0.25) is 30.6 Å². The zero-order valence-electron chi connectivity index (χ0n) is 14.2. The first-order valence-electron chi connectivity index (χ1n) is 8.09. The lowest BCUT2D eigenvalue weighted by molar-refractivity contribution is -0.384. The monoisotopic (exact) mass is 357 g/mol. The van der Waals surface area contributed by atoms with E-state index in [-0.39, 0.29) is 11.3 Å². The molecule has 0 aromatic heterocycles. The lowest BCUT2D eigenvalue weighted by Gasteiger charge is -2.09. The van der Waals surface area contributed by atoms with E-state index in [0.717, 1.165) is 18.9 Å². The molecule has 0 radical (unpaired) electrons. The Morgan fingerprint density at radius 3 is 2.27 bits per heavy atom. The number of nitrogens with zero attached hydrogens (tertiary/aromatic N) is 1. The third-order valence-corrected chi connectivity index (χ3v) is 3.47. The summed E-state index contributed by atoms with van der Waals surface area (Å²) in [6.07, 6.45) is 1.92. The van der Waals surface area contributed by atoms with Gasteiger partial charge in [0.1, 0.15) is 5.75 Å². The van der Waals surface area contributed by atoms with Crippen molar-refractivity contribution in [3.8, 4) is 5.75 Å². The molecule has 2 rings (SSSR count). The van der Waals surface area contributed by atoms with Crippen molar-refractivity contribution in [1.29, 1.82) is 0 Å². The molecule has 2 aromatic rings. The summed E-state index contributed by atoms with van der Waals surface area (Å²) in [5, 5.41) is 10.7. The van der Waals surface area contributed by atoms with Crippen molar-refractivity contribution >= 4 is 17.5 Å². The second-order valence-electron chi connectivity index (χ2n) is 5.45. The highest BCUT2D eigenvalue weighted by Crippen LogP contribution is 2.14. The second kappa shape index (κ2) is 9.16. The van der Waals surface area contributed by atoms with Crippen molar-refractivity contribution in [3.63, 3.8) is 0 Å². The highest BCUT2D eigenvalue weighted by Gasteiger charge is 2.13. The summed E-state index contributed by atoms with van der Waals surface area (Å²) in [7, 11) is 0. The van der Waals surface area contributed by atoms with Gasteiger partial charge in [0, 0.05) is 23.3 Å². The molecular weight excluding hydrogens is 338 g/mol. The number of unbranched alkanes of at least 4 members (excludes halogenated alkanes) is 1. The number of non-ortho nitro benzene ring substituents is 1. The van der Waals surface area contributed by atoms with Crippen LogP contribution in [0.25, 0.3) is 0 Å². The van der Waals surface area contributed by atoms with E-state index < -0.39 is 16.7 Å². The molecule has 26 heavy (non-hydrogen) atoms. The second-order valence-corrected chi connectivity index (χ2v) is 5.45. The maximum absolute atomic E-state index is 12.1. The molecule has 0 spiro atoms. The number of nitrogens with one attached hydrogen (secondary N) is 2. The van der Waals surface area contributed by atoms with Gasteiger partial charge in [-0.2, -0.15) is 0 Å². The van der Waals surface area contributed by atoms with Gasteiger partial charge in [0.05, 0.1) is 11.5 Å². The molecule has 2 N–H and O–H groups in total. The number of ether oxygens (including phenoxy) is 1. The van der Waals surface area contributed by atoms with Crippen LogP contribution < -0.4 is 15.6 Å². The maximum Gasteiger partial charge on any atom is 0.270 e. The molecule has 0 bridgehead atoms. The molecule has 0 aliphatic rings. The molecule has 2 amide bonds. The molecule has 2 aromatic carbocycles. The molecule has 8 heteroatoms. The van der Waals surface area contributed by atoms with Crippen LogP contribution in [0.4, 0.5) is 5.69 Å². The Hall–Kier alpha value is -3.42. The Morgan fingerprint density at radius 2 is 1.65 bits per heavy atom. The van der Waals surface area contributed by atoms with Crippen LogP contribution in [-0.4, -0.2) is 23.3 Å². The zero-order chi connectivity index (χ0) is 18.9. The zero-order valence-corrected chi connectivity index (χ0v) is 14.2. The van der Waals surface area contributed by atoms with Crippen molar-refractivity contribution in [3.05, 3.63) is 69.8 Å². The molecule has 0 unspecified atom stereocenters. The van der Waals surface area contributed by atoms with Gasteiger partial charge in [0.15, 0.2) is 0 Å². The van der Waals surface area contributed by atoms with Gasteiger partial charge < -0.3 is 4.74 Å². The summed E-state index contributed by atoms with van der Waals surface area (Å²) in [6, 6.07) is 11.8. The summed E-state index contributed by atoms with van der Waals surface area (Å²) < 4.78 is 5.54. The van der Waals surface area contributed by atoms with Crippen LogP contribution >= 0.6 is 0 Å². The third-order valence-electron chi connectivity index (χ3n) is 3.47. The highest BCUT2D eigenvalue weighted by atomic mass is 16.6. The van der Waals surface area contributed by atoms with Gasteiger partial charge in [-0.15, -0.1) is 0 Å². The van der Waals surface area contributed by atoms with Crippen molar-refractivity contribution < 1.29 is 19.2 Å². The highest BCUT2D eigenvalue weighted by molar-refractivity contribution is 5.99. The van der Waals surface area contributed by atoms with E-state index in [1.807, 2.05) is 0 Å². The predicted octanol–water partition coefficient (Wildman–Crippen LogP) is 2.85. The van der Waals surface area contributed by atoms with Crippen LogP contribution in [0.1, 0.15) is 40.5 Å². The lowest BCUT2D eigenvalue weighted by atomic mass is 10.2. The number of carbonyl (C=O) groups excluding carboxylic acids is 2. The first-order valence-corrected chi connectivity index (χ1v) is 8.09. The fraction of sp³-hybridized carbons (Fsp3) is 0.222. The normalized spacial score (nSPS) is 10.0. The van der Waals surface area contributed by atoms with Crippen molar-refractivity contribution in [1.82, 2.24) is 10.9 Å². The number of nitro benzene ring substituents is 1. The Kier molecular flexibility index (Phi) is 6.67. The van der Waals surface area contributed by atoms with Crippen molar-refractivity contribution in [2.24, 2.45) is 0 Å². The van der Waals surface area contributed by atoms with E-state index in [0.29, 0.717) is 17.9 Å². The predicted molar refractivity (Wildman–Crippen MR) is 94.9 cm³/mol. The van der Waals surface area contributed by atoms with Crippen LogP contribution in [-0.2, 0) is 0 Å². The lowest BCUT2D eigenvalue weighted by Crippen LogP contribution is -2.41. The number of carbonyl (C=O) groups is 2. The Bertz CT molecular complexity index is 807. The molecule has 0 aliphatic heterocycles. The van der Waals surface area contributed by atoms with Gasteiger partial charge in [-0.25, -0.2) is 0 Å². The maximum atomic E-state index is 12.1. The summed E-state index contributed by atoms with van der Waals surface area (Å²) in [6.45, 7) is 2.61. The fourth-order valence-electron chi connectivity index (χ4n) is 2.08. The van der Waals surface area contributed by atoms with E-state index >= 15 is 0 Å². The van der Waals surface area contributed by atoms with Crippen LogP contribution in [0.15, 0.2) is 48.5 Å². The Morgan fingerprint density at radius 1 is 1.04 bits per heavy atom. The first kappa shape index (κ1) is 18.9. The fourth-order valence-corrected chi connectivity index (χ4v) is 2.08. The van der Waals surface area contributed by atoms with Gasteiger partial charge in [-0.05, 0) is 30.7 Å². The van der Waals surface area contributed by atoms with E-state index in [1.54, 1.807) is 24.3 Å². The molecule has 0 aliphatic carbocycles.